The maximum Gasteiger partial charge on any atom is 0.308 e. The molecule has 0 aromatic carbocycles. The molecule has 1 atom stereocenters. The zero-order valence-electron chi connectivity index (χ0n) is 11.0. The summed E-state index contributed by atoms with van der Waals surface area (Å²) in [5.41, 5.74) is 0.512. The Morgan fingerprint density at radius 2 is 2.35 bits per heavy atom. The molecule has 1 amide bonds. The second-order valence-corrected chi connectivity index (χ2v) is 5.33. The van der Waals surface area contributed by atoms with Gasteiger partial charge in [0.05, 0.1) is 31.8 Å². The molecule has 1 unspecified atom stereocenters. The van der Waals surface area contributed by atoms with Crippen molar-refractivity contribution in [2.24, 2.45) is 0 Å². The van der Waals surface area contributed by atoms with Gasteiger partial charge in [-0.05, 0) is 22.0 Å². The average molecular weight is 343 g/mol. The number of carbonyl (C=O) groups excluding carboxylic acids is 2. The van der Waals surface area contributed by atoms with Gasteiger partial charge in [-0.25, -0.2) is 0 Å². The molecule has 0 bridgehead atoms. The number of ether oxygens (including phenoxy) is 2. The van der Waals surface area contributed by atoms with Crippen molar-refractivity contribution >= 4 is 27.8 Å². The number of nitrogens with zero attached hydrogens (tertiary/aromatic N) is 2. The molecule has 0 radical (unpaired) electrons. The van der Waals surface area contributed by atoms with E-state index >= 15 is 0 Å². The summed E-state index contributed by atoms with van der Waals surface area (Å²) in [6.07, 6.45) is 2.98. The van der Waals surface area contributed by atoms with E-state index < -0.39 is 0 Å². The van der Waals surface area contributed by atoms with E-state index in [0.29, 0.717) is 25.3 Å². The maximum atomic E-state index is 12.3. The molecule has 0 aliphatic carbocycles. The Morgan fingerprint density at radius 1 is 1.55 bits per heavy atom. The molecule has 0 N–H and O–H groups in total. The van der Waals surface area contributed by atoms with Crippen LogP contribution < -0.4 is 0 Å². The smallest absolute Gasteiger partial charge is 0.308 e. The molecule has 20 heavy (non-hydrogen) atoms. The van der Waals surface area contributed by atoms with Gasteiger partial charge < -0.3 is 14.4 Å². The minimum Gasteiger partial charge on any atom is -0.469 e. The van der Waals surface area contributed by atoms with Crippen LogP contribution in [0.4, 0.5) is 0 Å². The molecule has 2 heterocycles. The Morgan fingerprint density at radius 3 is 3.05 bits per heavy atom. The predicted octanol–water partition coefficient (Wildman–Crippen LogP) is 1.25. The summed E-state index contributed by atoms with van der Waals surface area (Å²) in [6, 6.07) is 1.72. The first-order valence-corrected chi connectivity index (χ1v) is 6.97. The van der Waals surface area contributed by atoms with Crippen LogP contribution in [-0.4, -0.2) is 54.7 Å². The van der Waals surface area contributed by atoms with Crippen LogP contribution in [0.5, 0.6) is 0 Å². The Balaban J connectivity index is 2.01. The van der Waals surface area contributed by atoms with Crippen molar-refractivity contribution in [3.05, 3.63) is 28.5 Å². The van der Waals surface area contributed by atoms with E-state index in [2.05, 4.69) is 25.7 Å². The Bertz CT molecular complexity index is 509. The standard InChI is InChI=1S/C13H15BrN2O4/c1-19-12(17)5-11-8-16(2-3-20-11)13(18)9-4-10(14)7-15-6-9/h4,6-7,11H,2-3,5,8H2,1H3. The topological polar surface area (TPSA) is 68.7 Å². The van der Waals surface area contributed by atoms with E-state index in [1.165, 1.54) is 13.3 Å². The second kappa shape index (κ2) is 6.81. The molecule has 1 aliphatic rings. The number of amides is 1. The normalized spacial score (nSPS) is 18.7. The van der Waals surface area contributed by atoms with E-state index in [1.54, 1.807) is 17.2 Å². The van der Waals surface area contributed by atoms with Crippen LogP contribution in [0.25, 0.3) is 0 Å². The fraction of sp³-hybridized carbons (Fsp3) is 0.462. The van der Waals surface area contributed by atoms with Gasteiger partial charge in [-0.3, -0.25) is 14.6 Å². The molecular weight excluding hydrogens is 328 g/mol. The molecule has 1 aliphatic heterocycles. The van der Waals surface area contributed by atoms with Crippen molar-refractivity contribution in [1.82, 2.24) is 9.88 Å². The lowest BCUT2D eigenvalue weighted by atomic mass is 10.1. The first-order valence-electron chi connectivity index (χ1n) is 6.18. The Kier molecular flexibility index (Phi) is 5.08. The summed E-state index contributed by atoms with van der Waals surface area (Å²) in [4.78, 5) is 29.2. The molecule has 108 valence electrons. The summed E-state index contributed by atoms with van der Waals surface area (Å²) >= 11 is 3.29. The zero-order chi connectivity index (χ0) is 14.5. The predicted molar refractivity (Wildman–Crippen MR) is 74.2 cm³/mol. The summed E-state index contributed by atoms with van der Waals surface area (Å²) in [5, 5.41) is 0. The van der Waals surface area contributed by atoms with Crippen molar-refractivity contribution in [2.45, 2.75) is 12.5 Å². The van der Waals surface area contributed by atoms with Gasteiger partial charge in [-0.2, -0.15) is 0 Å². The molecule has 1 aromatic heterocycles. The first-order chi connectivity index (χ1) is 9.60. The van der Waals surface area contributed by atoms with Crippen LogP contribution in [0, 0.1) is 0 Å². The van der Waals surface area contributed by atoms with Crippen molar-refractivity contribution < 1.29 is 19.1 Å². The number of methoxy groups -OCH3 is 1. The largest absolute Gasteiger partial charge is 0.469 e. The van der Waals surface area contributed by atoms with Gasteiger partial charge in [0.25, 0.3) is 5.91 Å². The summed E-state index contributed by atoms with van der Waals surface area (Å²) < 4.78 is 10.8. The minimum absolute atomic E-state index is 0.114. The van der Waals surface area contributed by atoms with E-state index in [-0.39, 0.29) is 24.4 Å². The SMILES string of the molecule is COC(=O)CC1CN(C(=O)c2cncc(Br)c2)CCO1. The molecular formula is C13H15BrN2O4. The third-order valence-electron chi connectivity index (χ3n) is 3.00. The van der Waals surface area contributed by atoms with E-state index in [4.69, 9.17) is 4.74 Å². The highest BCUT2D eigenvalue weighted by Crippen LogP contribution is 2.15. The fourth-order valence-corrected chi connectivity index (χ4v) is 2.37. The third kappa shape index (κ3) is 3.77. The third-order valence-corrected chi connectivity index (χ3v) is 3.43. The highest BCUT2D eigenvalue weighted by molar-refractivity contribution is 9.10. The lowest BCUT2D eigenvalue weighted by Crippen LogP contribution is -2.46. The highest BCUT2D eigenvalue weighted by atomic mass is 79.9. The molecule has 0 spiro atoms. The number of carbonyl (C=O) groups is 2. The first kappa shape index (κ1) is 14.9. The summed E-state index contributed by atoms with van der Waals surface area (Å²) in [5.74, 6) is -0.453. The summed E-state index contributed by atoms with van der Waals surface area (Å²) in [6.45, 7) is 1.29. The maximum absolute atomic E-state index is 12.3. The molecule has 1 saturated heterocycles. The minimum atomic E-state index is -0.339. The van der Waals surface area contributed by atoms with Crippen molar-refractivity contribution in [3.63, 3.8) is 0 Å². The van der Waals surface area contributed by atoms with Crippen molar-refractivity contribution in [1.29, 1.82) is 0 Å². The molecule has 0 saturated carbocycles. The van der Waals surface area contributed by atoms with Gasteiger partial charge in [0.2, 0.25) is 0 Å². The lowest BCUT2D eigenvalue weighted by Gasteiger charge is -2.32. The van der Waals surface area contributed by atoms with Gasteiger partial charge in [-0.15, -0.1) is 0 Å². The van der Waals surface area contributed by atoms with Crippen LogP contribution in [0.15, 0.2) is 22.9 Å². The Labute approximate surface area is 125 Å². The number of hydrogen-bond donors (Lipinski definition) is 0. The molecule has 1 fully saturated rings. The van der Waals surface area contributed by atoms with Crippen LogP contribution in [0.3, 0.4) is 0 Å². The van der Waals surface area contributed by atoms with E-state index in [1.807, 2.05) is 0 Å². The number of aromatic nitrogens is 1. The number of esters is 1. The number of halogens is 1. The van der Waals surface area contributed by atoms with Crippen LogP contribution >= 0.6 is 15.9 Å². The molecule has 6 nitrogen and oxygen atoms in total. The molecule has 2 rings (SSSR count). The summed E-state index contributed by atoms with van der Waals surface area (Å²) in [7, 11) is 1.33. The second-order valence-electron chi connectivity index (χ2n) is 4.42. The zero-order valence-corrected chi connectivity index (χ0v) is 12.6. The van der Waals surface area contributed by atoms with Crippen LogP contribution in [0.2, 0.25) is 0 Å². The van der Waals surface area contributed by atoms with Crippen molar-refractivity contribution in [2.75, 3.05) is 26.8 Å². The van der Waals surface area contributed by atoms with Gasteiger partial charge in [0.1, 0.15) is 0 Å². The van der Waals surface area contributed by atoms with Gasteiger partial charge in [0.15, 0.2) is 0 Å². The van der Waals surface area contributed by atoms with E-state index in [9.17, 15) is 9.59 Å². The number of rotatable bonds is 3. The quantitative estimate of drug-likeness (QED) is 0.773. The number of hydrogen-bond acceptors (Lipinski definition) is 5. The van der Waals surface area contributed by atoms with Gasteiger partial charge >= 0.3 is 5.97 Å². The monoisotopic (exact) mass is 342 g/mol. The Hall–Kier alpha value is -1.47. The highest BCUT2D eigenvalue weighted by Gasteiger charge is 2.27. The average Bonchev–Trinajstić information content (AvgIpc) is 2.46. The van der Waals surface area contributed by atoms with E-state index in [0.717, 1.165) is 4.47 Å². The van der Waals surface area contributed by atoms with Crippen LogP contribution in [-0.2, 0) is 14.3 Å². The molecule has 1 aromatic rings. The fourth-order valence-electron chi connectivity index (χ4n) is 2.01. The van der Waals surface area contributed by atoms with Gasteiger partial charge in [-0.1, -0.05) is 0 Å². The van der Waals surface area contributed by atoms with Crippen LogP contribution in [0.1, 0.15) is 16.8 Å². The van der Waals surface area contributed by atoms with Gasteiger partial charge in [0, 0.05) is 30.0 Å². The lowest BCUT2D eigenvalue weighted by molar-refractivity contribution is -0.145. The number of morpholine rings is 1. The number of pyridine rings is 1. The molecule has 7 heteroatoms. The van der Waals surface area contributed by atoms with Crippen molar-refractivity contribution in [3.8, 4) is 0 Å².